The van der Waals surface area contributed by atoms with E-state index >= 15 is 0 Å². The first-order valence-corrected chi connectivity index (χ1v) is 6.25. The number of aromatic nitrogens is 2. The van der Waals surface area contributed by atoms with Crippen LogP contribution < -0.4 is 14.8 Å². The van der Waals surface area contributed by atoms with Crippen molar-refractivity contribution in [2.24, 2.45) is 7.05 Å². The Morgan fingerprint density at radius 2 is 2.05 bits per heavy atom. The number of benzene rings is 1. The highest BCUT2D eigenvalue weighted by molar-refractivity contribution is 5.56. The van der Waals surface area contributed by atoms with E-state index in [1.165, 1.54) is 0 Å². The first-order valence-electron chi connectivity index (χ1n) is 6.25. The predicted molar refractivity (Wildman–Crippen MR) is 72.3 cm³/mol. The highest BCUT2D eigenvalue weighted by Crippen LogP contribution is 2.40. The van der Waals surface area contributed by atoms with Crippen LogP contribution in [0, 0.1) is 0 Å². The van der Waals surface area contributed by atoms with Crippen LogP contribution in [0.4, 0.5) is 5.69 Å². The molecule has 0 spiro atoms. The van der Waals surface area contributed by atoms with Gasteiger partial charge >= 0.3 is 0 Å². The lowest BCUT2D eigenvalue weighted by Gasteiger charge is -2.16. The molecule has 0 fully saturated rings. The van der Waals surface area contributed by atoms with Crippen molar-refractivity contribution in [3.63, 3.8) is 0 Å². The van der Waals surface area contributed by atoms with Gasteiger partial charge in [-0.25, -0.2) is 4.98 Å². The third kappa shape index (κ3) is 2.36. The molecule has 5 nitrogen and oxygen atoms in total. The summed E-state index contributed by atoms with van der Waals surface area (Å²) in [7, 11) is 1.98. The average molecular weight is 259 g/mol. The van der Waals surface area contributed by atoms with E-state index in [0.717, 1.165) is 29.4 Å². The van der Waals surface area contributed by atoms with Crippen LogP contribution >= 0.6 is 0 Å². The molecule has 1 N–H and O–H groups in total. The van der Waals surface area contributed by atoms with Crippen LogP contribution in [-0.4, -0.2) is 15.3 Å². The monoisotopic (exact) mass is 259 g/mol. The third-order valence-corrected chi connectivity index (χ3v) is 3.05. The molecule has 3 rings (SSSR count). The van der Waals surface area contributed by atoms with Gasteiger partial charge in [-0.05, 0) is 12.1 Å². The zero-order valence-corrected chi connectivity index (χ0v) is 11.3. The molecule has 1 aromatic carbocycles. The number of ether oxygens (including phenoxy) is 2. The van der Waals surface area contributed by atoms with Crippen molar-refractivity contribution in [2.75, 3.05) is 5.32 Å². The number of fused-ring (bicyclic) bond motifs is 1. The normalized spacial score (nSPS) is 15.5. The summed E-state index contributed by atoms with van der Waals surface area (Å²) in [4.78, 5) is 4.09. The van der Waals surface area contributed by atoms with E-state index in [9.17, 15) is 0 Å². The van der Waals surface area contributed by atoms with Crippen LogP contribution in [0.1, 0.15) is 19.5 Å². The Kier molecular flexibility index (Phi) is 2.62. The fourth-order valence-electron chi connectivity index (χ4n) is 2.08. The molecule has 100 valence electrons. The summed E-state index contributed by atoms with van der Waals surface area (Å²) in [5.74, 6) is 0.985. The fraction of sp³-hybridized carbons (Fsp3) is 0.357. The largest absolute Gasteiger partial charge is 0.449 e. The molecule has 5 heteroatoms. The Labute approximate surface area is 112 Å². The van der Waals surface area contributed by atoms with Gasteiger partial charge in [0, 0.05) is 38.8 Å². The number of anilines is 1. The van der Waals surface area contributed by atoms with E-state index in [2.05, 4.69) is 10.3 Å². The minimum atomic E-state index is -0.580. The number of nitrogens with one attached hydrogen (secondary N) is 1. The van der Waals surface area contributed by atoms with E-state index in [-0.39, 0.29) is 0 Å². The van der Waals surface area contributed by atoms with Crippen LogP contribution in [0.5, 0.6) is 11.5 Å². The second-order valence-electron chi connectivity index (χ2n) is 5.11. The van der Waals surface area contributed by atoms with Crippen molar-refractivity contribution in [2.45, 2.75) is 26.2 Å². The van der Waals surface area contributed by atoms with E-state index < -0.39 is 5.79 Å². The number of aryl methyl sites for hydroxylation is 1. The number of rotatable bonds is 3. The zero-order valence-electron chi connectivity index (χ0n) is 11.3. The lowest BCUT2D eigenvalue weighted by Crippen LogP contribution is -2.29. The average Bonchev–Trinajstić information content (AvgIpc) is 2.87. The second kappa shape index (κ2) is 4.19. The summed E-state index contributed by atoms with van der Waals surface area (Å²) >= 11 is 0. The molecule has 1 aliphatic rings. The molecule has 2 aromatic rings. The van der Waals surface area contributed by atoms with Crippen molar-refractivity contribution in [1.29, 1.82) is 0 Å². The molecule has 0 unspecified atom stereocenters. The number of hydrogen-bond acceptors (Lipinski definition) is 4. The molecule has 1 aromatic heterocycles. The molecular formula is C14H17N3O2. The van der Waals surface area contributed by atoms with Gasteiger partial charge in [-0.1, -0.05) is 0 Å². The quantitative estimate of drug-likeness (QED) is 0.920. The van der Waals surface area contributed by atoms with E-state index in [0.29, 0.717) is 0 Å². The fourth-order valence-corrected chi connectivity index (χ4v) is 2.08. The Hall–Kier alpha value is -2.17. The van der Waals surface area contributed by atoms with Gasteiger partial charge in [0.2, 0.25) is 5.79 Å². The molecule has 2 heterocycles. The molecule has 0 aliphatic carbocycles. The molecule has 19 heavy (non-hydrogen) atoms. The molecule has 0 amide bonds. The molecule has 1 aliphatic heterocycles. The van der Waals surface area contributed by atoms with Gasteiger partial charge in [-0.3, -0.25) is 0 Å². The van der Waals surface area contributed by atoms with Crippen molar-refractivity contribution in [3.05, 3.63) is 36.4 Å². The predicted octanol–water partition coefficient (Wildman–Crippen LogP) is 2.54. The minimum absolute atomic E-state index is 0.580. The molecular weight excluding hydrogens is 242 g/mol. The molecule has 0 atom stereocenters. The smallest absolute Gasteiger partial charge is 0.246 e. The summed E-state index contributed by atoms with van der Waals surface area (Å²) in [6.07, 6.45) is 3.64. The Balaban J connectivity index is 1.72. The third-order valence-electron chi connectivity index (χ3n) is 3.05. The van der Waals surface area contributed by atoms with Crippen LogP contribution in [0.2, 0.25) is 0 Å². The van der Waals surface area contributed by atoms with Gasteiger partial charge in [-0.15, -0.1) is 0 Å². The van der Waals surface area contributed by atoms with Gasteiger partial charge in [0.15, 0.2) is 11.5 Å². The highest BCUT2D eigenvalue weighted by Gasteiger charge is 2.31. The number of imidazole rings is 1. The van der Waals surface area contributed by atoms with E-state index in [1.54, 1.807) is 6.33 Å². The lowest BCUT2D eigenvalue weighted by atomic mass is 10.2. The Morgan fingerprint density at radius 3 is 2.79 bits per heavy atom. The van der Waals surface area contributed by atoms with E-state index in [4.69, 9.17) is 9.47 Å². The van der Waals surface area contributed by atoms with Crippen molar-refractivity contribution in [3.8, 4) is 11.5 Å². The van der Waals surface area contributed by atoms with Crippen molar-refractivity contribution < 1.29 is 9.47 Å². The molecule has 0 bridgehead atoms. The summed E-state index contributed by atoms with van der Waals surface area (Å²) in [6, 6.07) is 5.87. The maximum absolute atomic E-state index is 5.72. The minimum Gasteiger partial charge on any atom is -0.449 e. The zero-order chi connectivity index (χ0) is 13.5. The second-order valence-corrected chi connectivity index (χ2v) is 5.11. The maximum Gasteiger partial charge on any atom is 0.246 e. The SMILES string of the molecule is Cn1cncc1CNc1ccc2c(c1)OC(C)(C)O2. The lowest BCUT2D eigenvalue weighted by molar-refractivity contribution is -0.0431. The van der Waals surface area contributed by atoms with Crippen LogP contribution in [0.3, 0.4) is 0 Å². The highest BCUT2D eigenvalue weighted by atomic mass is 16.7. The van der Waals surface area contributed by atoms with Crippen molar-refractivity contribution >= 4 is 5.69 Å². The maximum atomic E-state index is 5.72. The van der Waals surface area contributed by atoms with Gasteiger partial charge in [-0.2, -0.15) is 0 Å². The first kappa shape index (κ1) is 11.9. The van der Waals surface area contributed by atoms with E-state index in [1.807, 2.05) is 49.9 Å². The Morgan fingerprint density at radius 1 is 1.26 bits per heavy atom. The summed E-state index contributed by atoms with van der Waals surface area (Å²) < 4.78 is 13.4. The van der Waals surface area contributed by atoms with Gasteiger partial charge < -0.3 is 19.4 Å². The standard InChI is InChI=1S/C14H17N3O2/c1-14(2)18-12-5-4-10(6-13(12)19-14)16-8-11-7-15-9-17(11)3/h4-7,9,16H,8H2,1-3H3. The first-order chi connectivity index (χ1) is 9.03. The van der Waals surface area contributed by atoms with Gasteiger partial charge in [0.05, 0.1) is 18.6 Å². The molecule has 0 radical (unpaired) electrons. The summed E-state index contributed by atoms with van der Waals surface area (Å²) in [6.45, 7) is 4.52. The molecule has 0 saturated heterocycles. The van der Waals surface area contributed by atoms with Gasteiger partial charge in [0.1, 0.15) is 0 Å². The summed E-state index contributed by atoms with van der Waals surface area (Å²) in [5.41, 5.74) is 2.12. The molecule has 0 saturated carbocycles. The van der Waals surface area contributed by atoms with Crippen molar-refractivity contribution in [1.82, 2.24) is 9.55 Å². The topological polar surface area (TPSA) is 48.3 Å². The van der Waals surface area contributed by atoms with Crippen LogP contribution in [-0.2, 0) is 13.6 Å². The summed E-state index contributed by atoms with van der Waals surface area (Å²) in [5, 5.41) is 3.35. The Bertz CT molecular complexity index is 604. The van der Waals surface area contributed by atoms with Crippen LogP contribution in [0.15, 0.2) is 30.7 Å². The van der Waals surface area contributed by atoms with Crippen LogP contribution in [0.25, 0.3) is 0 Å². The van der Waals surface area contributed by atoms with Gasteiger partial charge in [0.25, 0.3) is 0 Å². The number of hydrogen-bond donors (Lipinski definition) is 1. The number of nitrogens with zero attached hydrogens (tertiary/aromatic N) is 2.